The smallest absolute Gasteiger partial charge is 0.0725 e. The first-order valence-electron chi connectivity index (χ1n) is 3.25. The molecule has 1 nitrogen and oxygen atoms in total. The Morgan fingerprint density at radius 3 is 2.90 bits per heavy atom. The van der Waals surface area contributed by atoms with Crippen LogP contribution in [0.1, 0.15) is 11.1 Å². The van der Waals surface area contributed by atoms with Crippen LogP contribution >= 0.6 is 12.6 Å². The molecule has 0 saturated carbocycles. The zero-order chi connectivity index (χ0) is 6.97. The van der Waals surface area contributed by atoms with Crippen molar-refractivity contribution in [2.45, 2.75) is 18.1 Å². The maximum Gasteiger partial charge on any atom is 0.0725 e. The molecule has 0 saturated heterocycles. The molecular weight excluding hydrogens is 144 g/mol. The molecule has 0 radical (unpaired) electrons. The van der Waals surface area contributed by atoms with E-state index in [1.165, 1.54) is 11.1 Å². The maximum absolute atomic E-state index is 5.24. The molecule has 1 aromatic carbocycles. The maximum atomic E-state index is 5.24. The molecule has 0 amide bonds. The molecule has 1 aromatic rings. The average Bonchev–Trinajstić information content (AvgIpc) is 2.33. The van der Waals surface area contributed by atoms with Crippen molar-refractivity contribution in [1.29, 1.82) is 0 Å². The summed E-state index contributed by atoms with van der Waals surface area (Å²) in [7, 11) is 0. The standard InChI is InChI=1S/C8H8OS/c10-8-2-1-6-4-9-5-7(6)3-8/h1-3,10H,4-5H2. The third-order valence-electron chi connectivity index (χ3n) is 1.70. The highest BCUT2D eigenvalue weighted by Gasteiger charge is 2.09. The number of hydrogen-bond donors (Lipinski definition) is 1. The van der Waals surface area contributed by atoms with Crippen LogP contribution in [0.3, 0.4) is 0 Å². The van der Waals surface area contributed by atoms with Crippen molar-refractivity contribution >= 4 is 12.6 Å². The largest absolute Gasteiger partial charge is 0.372 e. The Balaban J connectivity index is 2.52. The van der Waals surface area contributed by atoms with Crippen LogP contribution in [0.2, 0.25) is 0 Å². The van der Waals surface area contributed by atoms with Gasteiger partial charge in [-0.1, -0.05) is 6.07 Å². The summed E-state index contributed by atoms with van der Waals surface area (Å²) in [6, 6.07) is 6.13. The summed E-state index contributed by atoms with van der Waals surface area (Å²) in [5.41, 5.74) is 2.59. The van der Waals surface area contributed by atoms with Crippen LogP contribution in [0.25, 0.3) is 0 Å². The molecule has 0 aromatic heterocycles. The minimum absolute atomic E-state index is 0.754. The molecule has 2 rings (SSSR count). The summed E-state index contributed by atoms with van der Waals surface area (Å²) < 4.78 is 5.24. The van der Waals surface area contributed by atoms with Gasteiger partial charge in [0, 0.05) is 4.90 Å². The van der Waals surface area contributed by atoms with Crippen molar-refractivity contribution in [3.05, 3.63) is 29.3 Å². The van der Waals surface area contributed by atoms with Crippen molar-refractivity contribution < 1.29 is 4.74 Å². The van der Waals surface area contributed by atoms with Gasteiger partial charge in [0.2, 0.25) is 0 Å². The van der Waals surface area contributed by atoms with Crippen LogP contribution in [0.5, 0.6) is 0 Å². The predicted octanol–water partition coefficient (Wildman–Crippen LogP) is 2.01. The van der Waals surface area contributed by atoms with Crippen LogP contribution in [0.15, 0.2) is 23.1 Å². The summed E-state index contributed by atoms with van der Waals surface area (Å²) in [4.78, 5) is 1.02. The van der Waals surface area contributed by atoms with E-state index >= 15 is 0 Å². The minimum atomic E-state index is 0.754. The van der Waals surface area contributed by atoms with Gasteiger partial charge in [0.25, 0.3) is 0 Å². The molecule has 0 spiro atoms. The Bertz CT molecular complexity index is 257. The van der Waals surface area contributed by atoms with Gasteiger partial charge >= 0.3 is 0 Å². The first-order chi connectivity index (χ1) is 4.86. The van der Waals surface area contributed by atoms with E-state index in [-0.39, 0.29) is 0 Å². The molecule has 0 fully saturated rings. The van der Waals surface area contributed by atoms with E-state index in [0.717, 1.165) is 18.1 Å². The third-order valence-corrected chi connectivity index (χ3v) is 1.98. The highest BCUT2D eigenvalue weighted by Crippen LogP contribution is 2.21. The lowest BCUT2D eigenvalue weighted by atomic mass is 10.1. The number of fused-ring (bicyclic) bond motifs is 1. The van der Waals surface area contributed by atoms with Crippen LogP contribution < -0.4 is 0 Å². The lowest BCUT2D eigenvalue weighted by Crippen LogP contribution is -1.79. The topological polar surface area (TPSA) is 9.23 Å². The summed E-state index contributed by atoms with van der Waals surface area (Å²) in [6.45, 7) is 1.52. The van der Waals surface area contributed by atoms with Gasteiger partial charge in [-0.05, 0) is 23.3 Å². The van der Waals surface area contributed by atoms with Crippen molar-refractivity contribution in [3.63, 3.8) is 0 Å². The van der Waals surface area contributed by atoms with Gasteiger partial charge < -0.3 is 4.74 Å². The molecule has 0 atom stereocenters. The molecule has 0 unspecified atom stereocenters. The fraction of sp³-hybridized carbons (Fsp3) is 0.250. The van der Waals surface area contributed by atoms with Crippen LogP contribution in [-0.4, -0.2) is 0 Å². The summed E-state index contributed by atoms with van der Waals surface area (Å²) in [5, 5.41) is 0. The molecule has 0 aliphatic carbocycles. The second kappa shape index (κ2) is 2.29. The Hall–Kier alpha value is -0.470. The lowest BCUT2D eigenvalue weighted by Gasteiger charge is -1.95. The normalized spacial score (nSPS) is 15.3. The summed E-state index contributed by atoms with van der Waals surface area (Å²) >= 11 is 4.23. The van der Waals surface area contributed by atoms with Crippen molar-refractivity contribution in [1.82, 2.24) is 0 Å². The van der Waals surface area contributed by atoms with Crippen LogP contribution in [0, 0.1) is 0 Å². The highest BCUT2D eigenvalue weighted by molar-refractivity contribution is 7.80. The second-order valence-electron chi connectivity index (χ2n) is 2.45. The summed E-state index contributed by atoms with van der Waals surface area (Å²) in [6.07, 6.45) is 0. The highest BCUT2D eigenvalue weighted by atomic mass is 32.1. The van der Waals surface area contributed by atoms with Gasteiger partial charge in [0.05, 0.1) is 13.2 Å². The molecule has 0 bridgehead atoms. The molecule has 2 heteroatoms. The van der Waals surface area contributed by atoms with E-state index in [9.17, 15) is 0 Å². The van der Waals surface area contributed by atoms with Crippen molar-refractivity contribution in [3.8, 4) is 0 Å². The van der Waals surface area contributed by atoms with Gasteiger partial charge in [-0.3, -0.25) is 0 Å². The fourth-order valence-electron chi connectivity index (χ4n) is 1.16. The summed E-state index contributed by atoms with van der Waals surface area (Å²) in [5.74, 6) is 0. The van der Waals surface area contributed by atoms with Gasteiger partial charge in [0.15, 0.2) is 0 Å². The Morgan fingerprint density at radius 1 is 1.20 bits per heavy atom. The molecule has 1 aliphatic heterocycles. The zero-order valence-corrected chi connectivity index (χ0v) is 6.40. The van der Waals surface area contributed by atoms with E-state index in [2.05, 4.69) is 24.8 Å². The molecule has 10 heavy (non-hydrogen) atoms. The lowest BCUT2D eigenvalue weighted by molar-refractivity contribution is 0.134. The SMILES string of the molecule is Sc1ccc2c(c1)COC2. The van der Waals surface area contributed by atoms with Gasteiger partial charge in [-0.2, -0.15) is 0 Å². The predicted molar refractivity (Wildman–Crippen MR) is 42.2 cm³/mol. The number of benzene rings is 1. The van der Waals surface area contributed by atoms with Crippen LogP contribution in [0.4, 0.5) is 0 Å². The molecule has 52 valence electrons. The number of hydrogen-bond acceptors (Lipinski definition) is 2. The first-order valence-corrected chi connectivity index (χ1v) is 3.69. The average molecular weight is 152 g/mol. The van der Waals surface area contributed by atoms with E-state index in [0.29, 0.717) is 0 Å². The van der Waals surface area contributed by atoms with E-state index in [1.54, 1.807) is 0 Å². The van der Waals surface area contributed by atoms with Gasteiger partial charge in [0.1, 0.15) is 0 Å². The minimum Gasteiger partial charge on any atom is -0.372 e. The first kappa shape index (κ1) is 6.25. The van der Waals surface area contributed by atoms with Gasteiger partial charge in [-0.15, -0.1) is 12.6 Å². The van der Waals surface area contributed by atoms with E-state index in [1.807, 2.05) is 6.07 Å². The quantitative estimate of drug-likeness (QED) is 0.559. The monoisotopic (exact) mass is 152 g/mol. The van der Waals surface area contributed by atoms with Gasteiger partial charge in [-0.25, -0.2) is 0 Å². The van der Waals surface area contributed by atoms with E-state index < -0.39 is 0 Å². The number of ether oxygens (including phenoxy) is 1. The van der Waals surface area contributed by atoms with Crippen LogP contribution in [-0.2, 0) is 18.0 Å². The Labute approximate surface area is 65.4 Å². The van der Waals surface area contributed by atoms with Crippen molar-refractivity contribution in [2.24, 2.45) is 0 Å². The number of rotatable bonds is 0. The molecule has 1 heterocycles. The molecule has 1 aliphatic rings. The van der Waals surface area contributed by atoms with E-state index in [4.69, 9.17) is 4.74 Å². The number of thiol groups is 1. The Morgan fingerprint density at radius 2 is 2.00 bits per heavy atom. The zero-order valence-electron chi connectivity index (χ0n) is 5.50. The Kier molecular flexibility index (Phi) is 1.43. The molecule has 0 N–H and O–H groups in total. The van der Waals surface area contributed by atoms with Crippen molar-refractivity contribution in [2.75, 3.05) is 0 Å². The molecular formula is C8H8OS. The fourth-order valence-corrected chi connectivity index (χ4v) is 1.39. The second-order valence-corrected chi connectivity index (χ2v) is 2.96. The third kappa shape index (κ3) is 0.935.